The summed E-state index contributed by atoms with van der Waals surface area (Å²) in [6.45, 7) is 8.55. The van der Waals surface area contributed by atoms with E-state index in [4.69, 9.17) is 14.6 Å². The van der Waals surface area contributed by atoms with Gasteiger partial charge in [0, 0.05) is 37.9 Å². The van der Waals surface area contributed by atoms with Gasteiger partial charge < -0.3 is 14.4 Å². The van der Waals surface area contributed by atoms with Crippen LogP contribution < -0.4 is 0 Å². The largest absolute Gasteiger partial charge is 0.444 e. The van der Waals surface area contributed by atoms with Crippen molar-refractivity contribution in [2.75, 3.05) is 19.8 Å². The van der Waals surface area contributed by atoms with Crippen molar-refractivity contribution in [1.82, 2.24) is 14.7 Å². The van der Waals surface area contributed by atoms with Gasteiger partial charge in [-0.3, -0.25) is 4.68 Å². The average molecular weight is 307 g/mol. The van der Waals surface area contributed by atoms with Crippen LogP contribution in [0.1, 0.15) is 50.9 Å². The van der Waals surface area contributed by atoms with Gasteiger partial charge in [-0.15, -0.1) is 0 Å². The van der Waals surface area contributed by atoms with Gasteiger partial charge in [0.15, 0.2) is 0 Å². The molecular formula is C16H25N3O3. The lowest BCUT2D eigenvalue weighted by molar-refractivity contribution is 0.0223. The Balaban J connectivity index is 1.68. The molecule has 2 aliphatic rings. The molecular weight excluding hydrogens is 282 g/mol. The third-order valence-corrected chi connectivity index (χ3v) is 4.09. The zero-order valence-electron chi connectivity index (χ0n) is 13.7. The molecule has 0 aliphatic carbocycles. The highest BCUT2D eigenvalue weighted by atomic mass is 16.6. The van der Waals surface area contributed by atoms with Gasteiger partial charge in [-0.05, 0) is 33.6 Å². The fourth-order valence-electron chi connectivity index (χ4n) is 2.95. The molecule has 122 valence electrons. The summed E-state index contributed by atoms with van der Waals surface area (Å²) in [6, 6.07) is 0.425. The van der Waals surface area contributed by atoms with Crippen LogP contribution in [0.3, 0.4) is 0 Å². The lowest BCUT2D eigenvalue weighted by Gasteiger charge is -2.29. The molecule has 1 saturated heterocycles. The summed E-state index contributed by atoms with van der Waals surface area (Å²) in [7, 11) is 0. The molecule has 6 heteroatoms. The highest BCUT2D eigenvalue weighted by Gasteiger charge is 2.28. The minimum Gasteiger partial charge on any atom is -0.444 e. The maximum Gasteiger partial charge on any atom is 0.410 e. The number of aromatic nitrogens is 2. The van der Waals surface area contributed by atoms with Crippen LogP contribution >= 0.6 is 0 Å². The van der Waals surface area contributed by atoms with Crippen molar-refractivity contribution in [3.63, 3.8) is 0 Å². The van der Waals surface area contributed by atoms with E-state index in [1.54, 1.807) is 4.90 Å². The van der Waals surface area contributed by atoms with E-state index >= 15 is 0 Å². The zero-order valence-corrected chi connectivity index (χ0v) is 13.7. The predicted molar refractivity (Wildman–Crippen MR) is 81.7 cm³/mol. The summed E-state index contributed by atoms with van der Waals surface area (Å²) in [5, 5.41) is 4.73. The van der Waals surface area contributed by atoms with E-state index in [2.05, 4.69) is 10.9 Å². The first-order valence-corrected chi connectivity index (χ1v) is 8.05. The summed E-state index contributed by atoms with van der Waals surface area (Å²) >= 11 is 0. The van der Waals surface area contributed by atoms with Crippen LogP contribution in [0.25, 0.3) is 0 Å². The van der Waals surface area contributed by atoms with Crippen LogP contribution in [-0.4, -0.2) is 46.1 Å². The molecule has 3 heterocycles. The lowest BCUT2D eigenvalue weighted by Crippen LogP contribution is -2.39. The molecule has 1 amide bonds. The van der Waals surface area contributed by atoms with Crippen molar-refractivity contribution in [3.8, 4) is 0 Å². The Morgan fingerprint density at radius 1 is 1.36 bits per heavy atom. The van der Waals surface area contributed by atoms with Gasteiger partial charge in [-0.1, -0.05) is 0 Å². The molecule has 2 aliphatic heterocycles. The van der Waals surface area contributed by atoms with Gasteiger partial charge in [0.2, 0.25) is 0 Å². The van der Waals surface area contributed by atoms with Gasteiger partial charge in [-0.2, -0.15) is 5.10 Å². The van der Waals surface area contributed by atoms with Crippen molar-refractivity contribution >= 4 is 6.09 Å². The van der Waals surface area contributed by atoms with E-state index in [0.717, 1.165) is 43.7 Å². The monoisotopic (exact) mass is 307 g/mol. The van der Waals surface area contributed by atoms with Gasteiger partial charge in [0.25, 0.3) is 0 Å². The minimum atomic E-state index is -0.455. The summed E-state index contributed by atoms with van der Waals surface area (Å²) < 4.78 is 12.9. The Kier molecular flexibility index (Phi) is 4.12. The van der Waals surface area contributed by atoms with Crippen LogP contribution in [0.15, 0.2) is 6.20 Å². The number of ether oxygens (including phenoxy) is 2. The van der Waals surface area contributed by atoms with E-state index in [0.29, 0.717) is 19.1 Å². The third-order valence-electron chi connectivity index (χ3n) is 4.09. The molecule has 1 fully saturated rings. The first-order valence-electron chi connectivity index (χ1n) is 8.05. The third kappa shape index (κ3) is 3.43. The smallest absolute Gasteiger partial charge is 0.410 e. The highest BCUT2D eigenvalue weighted by Crippen LogP contribution is 2.25. The number of nitrogens with zero attached hydrogens (tertiary/aromatic N) is 3. The first-order chi connectivity index (χ1) is 10.4. The van der Waals surface area contributed by atoms with Crippen LogP contribution in [0, 0.1) is 0 Å². The Morgan fingerprint density at radius 3 is 2.77 bits per heavy atom. The average Bonchev–Trinajstić information content (AvgIpc) is 2.89. The standard InChI is InChI=1S/C16H25N3O3/c1-16(2,3)22-15(20)18-7-4-14-12(10-18)11-19(17-14)13-5-8-21-9-6-13/h11,13H,4-10H2,1-3H3. The Morgan fingerprint density at radius 2 is 2.09 bits per heavy atom. The molecule has 0 saturated carbocycles. The number of rotatable bonds is 1. The van der Waals surface area contributed by atoms with Gasteiger partial charge in [0.05, 0.1) is 18.3 Å². The summed E-state index contributed by atoms with van der Waals surface area (Å²) in [4.78, 5) is 14.0. The van der Waals surface area contributed by atoms with E-state index in [-0.39, 0.29) is 6.09 Å². The zero-order chi connectivity index (χ0) is 15.7. The molecule has 0 N–H and O–H groups in total. The number of carbonyl (C=O) groups is 1. The summed E-state index contributed by atoms with van der Waals surface area (Å²) in [6.07, 6.45) is 4.68. The first kappa shape index (κ1) is 15.3. The fourth-order valence-corrected chi connectivity index (χ4v) is 2.95. The highest BCUT2D eigenvalue weighted by molar-refractivity contribution is 5.68. The van der Waals surface area contributed by atoms with E-state index in [9.17, 15) is 4.79 Å². The maximum absolute atomic E-state index is 12.2. The number of hydrogen-bond acceptors (Lipinski definition) is 4. The fraction of sp³-hybridized carbons (Fsp3) is 0.750. The molecule has 22 heavy (non-hydrogen) atoms. The molecule has 1 aromatic heterocycles. The van der Waals surface area contributed by atoms with Gasteiger partial charge >= 0.3 is 6.09 Å². The van der Waals surface area contributed by atoms with Crippen molar-refractivity contribution in [2.45, 2.75) is 58.2 Å². The molecule has 0 spiro atoms. The van der Waals surface area contributed by atoms with Gasteiger partial charge in [0.1, 0.15) is 5.60 Å². The second-order valence-electron chi connectivity index (χ2n) is 7.08. The quantitative estimate of drug-likeness (QED) is 0.800. The minimum absolute atomic E-state index is 0.239. The molecule has 6 nitrogen and oxygen atoms in total. The maximum atomic E-state index is 12.2. The molecule has 0 atom stereocenters. The number of carbonyl (C=O) groups excluding carboxylic acids is 1. The normalized spacial score (nSPS) is 19.9. The second kappa shape index (κ2) is 5.91. The Hall–Kier alpha value is -1.56. The number of fused-ring (bicyclic) bond motifs is 1. The Labute approximate surface area is 131 Å². The van der Waals surface area contributed by atoms with Crippen molar-refractivity contribution in [1.29, 1.82) is 0 Å². The summed E-state index contributed by atoms with van der Waals surface area (Å²) in [5.74, 6) is 0. The molecule has 0 radical (unpaired) electrons. The molecule has 0 unspecified atom stereocenters. The van der Waals surface area contributed by atoms with Gasteiger partial charge in [-0.25, -0.2) is 4.79 Å². The predicted octanol–water partition coefficient (Wildman–Crippen LogP) is 2.53. The Bertz CT molecular complexity index is 541. The molecule has 1 aromatic rings. The van der Waals surface area contributed by atoms with Crippen LogP contribution in [0.5, 0.6) is 0 Å². The van der Waals surface area contributed by atoms with Crippen LogP contribution in [-0.2, 0) is 22.4 Å². The van der Waals surface area contributed by atoms with E-state index < -0.39 is 5.60 Å². The van der Waals surface area contributed by atoms with Crippen LogP contribution in [0.4, 0.5) is 4.79 Å². The second-order valence-corrected chi connectivity index (χ2v) is 7.08. The molecule has 3 rings (SSSR count). The molecule has 0 aromatic carbocycles. The topological polar surface area (TPSA) is 56.6 Å². The van der Waals surface area contributed by atoms with Crippen molar-refractivity contribution in [3.05, 3.63) is 17.5 Å². The van der Waals surface area contributed by atoms with Crippen LogP contribution in [0.2, 0.25) is 0 Å². The summed E-state index contributed by atoms with van der Waals surface area (Å²) in [5.41, 5.74) is 1.80. The van der Waals surface area contributed by atoms with Crippen molar-refractivity contribution < 1.29 is 14.3 Å². The SMILES string of the molecule is CC(C)(C)OC(=O)N1CCc2nn(C3CCOCC3)cc2C1. The number of amides is 1. The van der Waals surface area contributed by atoms with E-state index in [1.807, 2.05) is 20.8 Å². The number of hydrogen-bond donors (Lipinski definition) is 0. The lowest BCUT2D eigenvalue weighted by atomic mass is 10.1. The molecule has 0 bridgehead atoms. The van der Waals surface area contributed by atoms with E-state index in [1.165, 1.54) is 0 Å². The van der Waals surface area contributed by atoms with Crippen molar-refractivity contribution in [2.24, 2.45) is 0 Å².